The average Bonchev–Trinajstić information content (AvgIpc) is 2.45. The van der Waals surface area contributed by atoms with Crippen LogP contribution in [0, 0.1) is 0 Å². The third-order valence-electron chi connectivity index (χ3n) is 2.45. The average molecular weight is 307 g/mol. The normalized spacial score (nSPS) is 12.8. The lowest BCUT2D eigenvalue weighted by atomic mass is 10.3. The summed E-state index contributed by atoms with van der Waals surface area (Å²) in [5.41, 5.74) is 3.39. The Morgan fingerprint density at radius 3 is 2.95 bits per heavy atom. The number of allylic oxidation sites excluding steroid dienone is 1. The molecule has 114 valence electrons. The highest BCUT2D eigenvalue weighted by molar-refractivity contribution is 7.84. The van der Waals surface area contributed by atoms with E-state index >= 15 is 0 Å². The minimum absolute atomic E-state index is 0.618. The SMILES string of the molecule is CC=N/C=C(\S)CN(C)c1cc(/C=C(\C)ONC)ncn1. The summed E-state index contributed by atoms with van der Waals surface area (Å²) in [5, 5.41) is 0. The highest BCUT2D eigenvalue weighted by atomic mass is 32.1. The van der Waals surface area contributed by atoms with Crippen LogP contribution in [0.5, 0.6) is 0 Å². The lowest BCUT2D eigenvalue weighted by Gasteiger charge is -2.17. The second-order valence-electron chi connectivity index (χ2n) is 4.25. The van der Waals surface area contributed by atoms with Crippen LogP contribution >= 0.6 is 12.6 Å². The van der Waals surface area contributed by atoms with Crippen molar-refractivity contribution in [1.29, 1.82) is 0 Å². The number of hydrogen-bond acceptors (Lipinski definition) is 7. The summed E-state index contributed by atoms with van der Waals surface area (Å²) in [6.07, 6.45) is 6.78. The van der Waals surface area contributed by atoms with Crippen molar-refractivity contribution >= 4 is 30.7 Å². The predicted octanol–water partition coefficient (Wildman–Crippen LogP) is 2.29. The number of rotatable bonds is 7. The van der Waals surface area contributed by atoms with Gasteiger partial charge in [0.1, 0.15) is 17.9 Å². The highest BCUT2D eigenvalue weighted by Crippen LogP contribution is 2.14. The maximum Gasteiger partial charge on any atom is 0.132 e. The molecule has 7 heteroatoms. The molecule has 1 N–H and O–H groups in total. The molecular weight excluding hydrogens is 286 g/mol. The van der Waals surface area contributed by atoms with Crippen LogP contribution in [0.25, 0.3) is 6.08 Å². The molecule has 0 fully saturated rings. The highest BCUT2D eigenvalue weighted by Gasteiger charge is 2.05. The summed E-state index contributed by atoms with van der Waals surface area (Å²) in [4.78, 5) is 20.5. The second-order valence-corrected chi connectivity index (χ2v) is 4.82. The molecule has 0 unspecified atom stereocenters. The third-order valence-corrected chi connectivity index (χ3v) is 2.71. The zero-order valence-electron chi connectivity index (χ0n) is 12.7. The summed E-state index contributed by atoms with van der Waals surface area (Å²) < 4.78 is 0. The van der Waals surface area contributed by atoms with E-state index in [1.165, 1.54) is 6.33 Å². The van der Waals surface area contributed by atoms with Crippen molar-refractivity contribution in [2.45, 2.75) is 13.8 Å². The fourth-order valence-corrected chi connectivity index (χ4v) is 1.85. The first-order valence-electron chi connectivity index (χ1n) is 6.47. The molecule has 0 aliphatic heterocycles. The van der Waals surface area contributed by atoms with Crippen LogP contribution in [0.4, 0.5) is 5.82 Å². The zero-order valence-corrected chi connectivity index (χ0v) is 13.6. The predicted molar refractivity (Wildman–Crippen MR) is 90.3 cm³/mol. The van der Waals surface area contributed by atoms with Gasteiger partial charge in [-0.2, -0.15) is 5.48 Å². The van der Waals surface area contributed by atoms with Gasteiger partial charge in [0, 0.05) is 43.6 Å². The Hall–Kier alpha value is -1.86. The Labute approximate surface area is 131 Å². The molecule has 0 radical (unpaired) electrons. The van der Waals surface area contributed by atoms with Crippen LogP contribution in [0.3, 0.4) is 0 Å². The molecule has 1 rings (SSSR count). The molecule has 6 nitrogen and oxygen atoms in total. The summed E-state index contributed by atoms with van der Waals surface area (Å²) in [6, 6.07) is 1.88. The van der Waals surface area contributed by atoms with Crippen LogP contribution in [0.15, 0.2) is 34.3 Å². The van der Waals surface area contributed by atoms with Gasteiger partial charge in [0.15, 0.2) is 0 Å². The van der Waals surface area contributed by atoms with Crippen molar-refractivity contribution in [2.24, 2.45) is 4.99 Å². The molecule has 0 amide bonds. The fraction of sp³-hybridized carbons (Fsp3) is 0.357. The van der Waals surface area contributed by atoms with Crippen LogP contribution in [0.2, 0.25) is 0 Å². The number of likely N-dealkylation sites (N-methyl/N-ethyl adjacent to an activating group) is 1. The van der Waals surface area contributed by atoms with E-state index in [0.717, 1.165) is 22.2 Å². The number of aromatic nitrogens is 2. The summed E-state index contributed by atoms with van der Waals surface area (Å²) in [6.45, 7) is 4.33. The van der Waals surface area contributed by atoms with E-state index in [9.17, 15) is 0 Å². The third kappa shape index (κ3) is 6.42. The smallest absolute Gasteiger partial charge is 0.132 e. The van der Waals surface area contributed by atoms with E-state index in [0.29, 0.717) is 6.54 Å². The largest absolute Gasteiger partial charge is 0.414 e. The first-order valence-corrected chi connectivity index (χ1v) is 6.92. The molecule has 0 spiro atoms. The van der Waals surface area contributed by atoms with E-state index in [1.54, 1.807) is 19.5 Å². The number of hydrogen-bond donors (Lipinski definition) is 2. The maximum absolute atomic E-state index is 5.15. The Kier molecular flexibility index (Phi) is 7.49. The molecule has 21 heavy (non-hydrogen) atoms. The van der Waals surface area contributed by atoms with E-state index < -0.39 is 0 Å². The molecule has 0 atom stereocenters. The summed E-state index contributed by atoms with van der Waals surface area (Å²) in [7, 11) is 3.64. The van der Waals surface area contributed by atoms with Gasteiger partial charge >= 0.3 is 0 Å². The molecule has 0 saturated heterocycles. The number of thiol groups is 1. The Balaban J connectivity index is 2.82. The van der Waals surface area contributed by atoms with Gasteiger partial charge in [-0.05, 0) is 13.8 Å². The lowest BCUT2D eigenvalue weighted by Crippen LogP contribution is -2.20. The molecule has 1 aromatic heterocycles. The standard InChI is InChI=1S/C14H21N5OS/c1-5-16-8-13(21)9-19(4)14-7-12(17-10-18-14)6-11(2)20-15-3/h5-8,10,15,21H,9H2,1-4H3/b11-6+,13-8-,16-5?. The summed E-state index contributed by atoms with van der Waals surface area (Å²) >= 11 is 4.38. The maximum atomic E-state index is 5.15. The number of aliphatic imine (C=N–C) groups is 1. The van der Waals surface area contributed by atoms with E-state index in [1.807, 2.05) is 37.9 Å². The zero-order chi connectivity index (χ0) is 15.7. The van der Waals surface area contributed by atoms with Gasteiger partial charge in [-0.3, -0.25) is 4.99 Å². The van der Waals surface area contributed by atoms with Gasteiger partial charge < -0.3 is 9.74 Å². The van der Waals surface area contributed by atoms with Crippen LogP contribution in [0.1, 0.15) is 19.5 Å². The first-order chi connectivity index (χ1) is 10.1. The summed E-state index contributed by atoms with van der Waals surface area (Å²) in [5.74, 6) is 1.52. The molecule has 0 bridgehead atoms. The lowest BCUT2D eigenvalue weighted by molar-refractivity contribution is 0.131. The van der Waals surface area contributed by atoms with E-state index in [2.05, 4.69) is 33.1 Å². The van der Waals surface area contributed by atoms with Gasteiger partial charge in [0.25, 0.3) is 0 Å². The Morgan fingerprint density at radius 1 is 1.52 bits per heavy atom. The second kappa shape index (κ2) is 9.15. The van der Waals surface area contributed by atoms with Crippen molar-refractivity contribution in [3.05, 3.63) is 35.0 Å². The van der Waals surface area contributed by atoms with Crippen molar-refractivity contribution < 1.29 is 4.84 Å². The molecule has 1 aromatic rings. The molecule has 0 aromatic carbocycles. The van der Waals surface area contributed by atoms with Gasteiger partial charge in [0.05, 0.1) is 12.2 Å². The van der Waals surface area contributed by atoms with Gasteiger partial charge in [-0.1, -0.05) is 0 Å². The van der Waals surface area contributed by atoms with E-state index in [-0.39, 0.29) is 0 Å². The quantitative estimate of drug-likeness (QED) is 0.350. The minimum atomic E-state index is 0.618. The van der Waals surface area contributed by atoms with Crippen molar-refractivity contribution in [3.63, 3.8) is 0 Å². The van der Waals surface area contributed by atoms with Crippen molar-refractivity contribution in [3.8, 4) is 0 Å². The molecule has 0 aliphatic carbocycles. The fourth-order valence-electron chi connectivity index (χ4n) is 1.57. The number of hydroxylamine groups is 1. The van der Waals surface area contributed by atoms with Crippen molar-refractivity contribution in [2.75, 3.05) is 25.5 Å². The Bertz CT molecular complexity index is 542. The minimum Gasteiger partial charge on any atom is -0.414 e. The monoisotopic (exact) mass is 307 g/mol. The van der Waals surface area contributed by atoms with Gasteiger partial charge in [0.2, 0.25) is 0 Å². The van der Waals surface area contributed by atoms with Crippen LogP contribution in [-0.4, -0.2) is 36.8 Å². The number of nitrogens with zero attached hydrogens (tertiary/aromatic N) is 4. The molecule has 1 heterocycles. The topological polar surface area (TPSA) is 62.6 Å². The number of anilines is 1. The van der Waals surface area contributed by atoms with Gasteiger partial charge in [-0.25, -0.2) is 9.97 Å². The molecule has 0 saturated carbocycles. The Morgan fingerprint density at radius 2 is 2.29 bits per heavy atom. The van der Waals surface area contributed by atoms with Crippen molar-refractivity contribution in [1.82, 2.24) is 15.4 Å². The van der Waals surface area contributed by atoms with Crippen LogP contribution in [-0.2, 0) is 4.84 Å². The first kappa shape index (κ1) is 17.2. The molecular formula is C14H21N5OS. The van der Waals surface area contributed by atoms with E-state index in [4.69, 9.17) is 4.84 Å². The molecule has 0 aliphatic rings. The van der Waals surface area contributed by atoms with Gasteiger partial charge in [-0.15, -0.1) is 12.6 Å². The number of nitrogens with one attached hydrogen (secondary N) is 1. The van der Waals surface area contributed by atoms with Crippen LogP contribution < -0.4 is 10.4 Å².